The van der Waals surface area contributed by atoms with Crippen molar-refractivity contribution in [2.75, 3.05) is 19.2 Å². The molecule has 0 aliphatic heterocycles. The topological polar surface area (TPSA) is 105 Å². The highest BCUT2D eigenvalue weighted by molar-refractivity contribution is 5.89. The molecule has 0 saturated carbocycles. The average Bonchev–Trinajstić information content (AvgIpc) is 3.07. The Bertz CT molecular complexity index is 722. The van der Waals surface area contributed by atoms with Crippen LogP contribution in [0.15, 0.2) is 61.3 Å². The zero-order valence-corrected chi connectivity index (χ0v) is 13.8. The van der Waals surface area contributed by atoms with E-state index in [2.05, 4.69) is 4.98 Å². The number of carboxylic acids is 2. The van der Waals surface area contributed by atoms with E-state index in [9.17, 15) is 9.59 Å². The van der Waals surface area contributed by atoms with E-state index in [0.717, 1.165) is 11.4 Å². The number of carbonyl (C=O) groups is 2. The Morgan fingerprint density at radius 1 is 1.16 bits per heavy atom. The van der Waals surface area contributed by atoms with Gasteiger partial charge in [0, 0.05) is 37.8 Å². The fourth-order valence-electron chi connectivity index (χ4n) is 1.76. The molecule has 25 heavy (non-hydrogen) atoms. The molecule has 8 heteroatoms. The van der Waals surface area contributed by atoms with Crippen molar-refractivity contribution in [3.8, 4) is 0 Å². The second-order valence-electron chi connectivity index (χ2n) is 4.55. The highest BCUT2D eigenvalue weighted by atomic mass is 16.5. The molecule has 132 valence electrons. The Balaban J connectivity index is 0.000000333. The maximum atomic E-state index is 9.55. The van der Waals surface area contributed by atoms with Gasteiger partial charge in [-0.05, 0) is 30.3 Å². The predicted molar refractivity (Wildman–Crippen MR) is 92.9 cm³/mol. The van der Waals surface area contributed by atoms with Crippen molar-refractivity contribution in [2.45, 2.75) is 0 Å². The Morgan fingerprint density at radius 2 is 1.76 bits per heavy atom. The van der Waals surface area contributed by atoms with Gasteiger partial charge in [0.25, 0.3) is 0 Å². The largest absolute Gasteiger partial charge is 0.504 e. The fraction of sp³-hybridized carbons (Fsp3) is 0.118. The Morgan fingerprint density at radius 3 is 2.28 bits per heavy atom. The molecule has 0 amide bonds. The monoisotopic (exact) mass is 345 g/mol. The minimum absolute atomic E-state index is 0.558. The molecule has 0 saturated heterocycles. The molecule has 0 atom stereocenters. The summed E-state index contributed by atoms with van der Waals surface area (Å²) in [6.45, 7) is 0. The summed E-state index contributed by atoms with van der Waals surface area (Å²) in [4.78, 5) is 23.1. The number of hydrogen-bond acceptors (Lipinski definition) is 5. The van der Waals surface area contributed by atoms with Gasteiger partial charge in [0.1, 0.15) is 0 Å². The van der Waals surface area contributed by atoms with E-state index in [1.807, 2.05) is 53.3 Å². The van der Waals surface area contributed by atoms with E-state index in [0.29, 0.717) is 12.2 Å². The summed E-state index contributed by atoms with van der Waals surface area (Å²) >= 11 is 0. The van der Waals surface area contributed by atoms with E-state index in [1.54, 1.807) is 25.8 Å². The Kier molecular flexibility index (Phi) is 8.01. The lowest BCUT2D eigenvalue weighted by Gasteiger charge is -2.22. The molecule has 0 bridgehead atoms. The maximum Gasteiger partial charge on any atom is 0.328 e. The first-order valence-corrected chi connectivity index (χ1v) is 7.10. The number of ether oxygens (including phenoxy) is 1. The fourth-order valence-corrected chi connectivity index (χ4v) is 1.76. The molecular weight excluding hydrogens is 326 g/mol. The van der Waals surface area contributed by atoms with Crippen molar-refractivity contribution in [1.29, 1.82) is 0 Å². The standard InChI is InChI=1S/C13H15N3O.C4H4O4/c1-15(12-5-8-14-9-6-12)16-10-3-4-13(16)7-11-17-2;5-3(6)1-2-4(7)8/h3-11H,1-2H3;1-2H,(H,5,6)(H,7,8)/b;2-1-. The third-order valence-electron chi connectivity index (χ3n) is 2.86. The summed E-state index contributed by atoms with van der Waals surface area (Å²) < 4.78 is 6.97. The van der Waals surface area contributed by atoms with Gasteiger partial charge in [0.2, 0.25) is 0 Å². The first-order valence-electron chi connectivity index (χ1n) is 7.10. The predicted octanol–water partition coefficient (Wildman–Crippen LogP) is 2.11. The lowest BCUT2D eigenvalue weighted by atomic mass is 10.4. The van der Waals surface area contributed by atoms with E-state index in [1.165, 1.54) is 0 Å². The summed E-state index contributed by atoms with van der Waals surface area (Å²) in [5.74, 6) is -2.51. The van der Waals surface area contributed by atoms with Crippen LogP contribution in [0.2, 0.25) is 0 Å². The smallest absolute Gasteiger partial charge is 0.328 e. The average molecular weight is 345 g/mol. The van der Waals surface area contributed by atoms with Gasteiger partial charge in [-0.15, -0.1) is 0 Å². The zero-order valence-electron chi connectivity index (χ0n) is 13.8. The van der Waals surface area contributed by atoms with Crippen LogP contribution >= 0.6 is 0 Å². The van der Waals surface area contributed by atoms with Crippen molar-refractivity contribution in [3.63, 3.8) is 0 Å². The van der Waals surface area contributed by atoms with Crippen LogP contribution in [0.25, 0.3) is 6.08 Å². The molecule has 2 N–H and O–H groups in total. The van der Waals surface area contributed by atoms with Gasteiger partial charge in [-0.2, -0.15) is 0 Å². The van der Waals surface area contributed by atoms with E-state index in [-0.39, 0.29) is 0 Å². The molecule has 8 nitrogen and oxygen atoms in total. The number of carboxylic acid groups (broad SMARTS) is 2. The number of hydrogen-bond donors (Lipinski definition) is 2. The van der Waals surface area contributed by atoms with E-state index < -0.39 is 11.9 Å². The molecule has 0 radical (unpaired) electrons. The molecule has 0 spiro atoms. The number of aliphatic carboxylic acids is 2. The molecule has 0 aliphatic rings. The summed E-state index contributed by atoms with van der Waals surface area (Å²) in [5.41, 5.74) is 2.12. The normalized spacial score (nSPS) is 10.3. The highest BCUT2D eigenvalue weighted by Crippen LogP contribution is 2.14. The quantitative estimate of drug-likeness (QED) is 0.610. The first-order chi connectivity index (χ1) is 12.0. The molecule has 2 aromatic rings. The molecule has 0 unspecified atom stereocenters. The second kappa shape index (κ2) is 10.3. The van der Waals surface area contributed by atoms with Crippen LogP contribution in [0.1, 0.15) is 5.69 Å². The number of methoxy groups -OCH3 is 1. The molecule has 0 aliphatic carbocycles. The van der Waals surface area contributed by atoms with Crippen LogP contribution < -0.4 is 5.01 Å². The van der Waals surface area contributed by atoms with Gasteiger partial charge in [-0.25, -0.2) is 9.59 Å². The van der Waals surface area contributed by atoms with Gasteiger partial charge in [0.05, 0.1) is 24.8 Å². The van der Waals surface area contributed by atoms with Crippen LogP contribution in [0.4, 0.5) is 5.69 Å². The van der Waals surface area contributed by atoms with Crippen molar-refractivity contribution >= 4 is 23.7 Å². The van der Waals surface area contributed by atoms with Crippen LogP contribution in [0, 0.1) is 0 Å². The summed E-state index contributed by atoms with van der Waals surface area (Å²) in [5, 5.41) is 17.7. The lowest BCUT2D eigenvalue weighted by molar-refractivity contribution is -0.134. The molecule has 2 rings (SSSR count). The number of nitrogens with zero attached hydrogens (tertiary/aromatic N) is 3. The lowest BCUT2D eigenvalue weighted by Crippen LogP contribution is -2.24. The Hall–Kier alpha value is -3.55. The minimum atomic E-state index is -1.26. The third-order valence-corrected chi connectivity index (χ3v) is 2.86. The molecule has 2 aromatic heterocycles. The van der Waals surface area contributed by atoms with Crippen molar-refractivity contribution in [2.24, 2.45) is 0 Å². The molecule has 0 aromatic carbocycles. The van der Waals surface area contributed by atoms with Gasteiger partial charge in [-0.1, -0.05) is 0 Å². The number of aromatic nitrogens is 2. The van der Waals surface area contributed by atoms with Crippen LogP contribution in [0.5, 0.6) is 0 Å². The van der Waals surface area contributed by atoms with Gasteiger partial charge >= 0.3 is 11.9 Å². The van der Waals surface area contributed by atoms with Gasteiger partial charge < -0.3 is 14.9 Å². The highest BCUT2D eigenvalue weighted by Gasteiger charge is 2.04. The number of pyridine rings is 1. The van der Waals surface area contributed by atoms with Gasteiger partial charge in [-0.3, -0.25) is 14.7 Å². The van der Waals surface area contributed by atoms with Gasteiger partial charge in [0.15, 0.2) is 0 Å². The Labute approximate surface area is 144 Å². The number of anilines is 1. The van der Waals surface area contributed by atoms with Crippen molar-refractivity contribution in [3.05, 3.63) is 67.0 Å². The van der Waals surface area contributed by atoms with Crippen molar-refractivity contribution in [1.82, 2.24) is 9.66 Å². The summed E-state index contributed by atoms with van der Waals surface area (Å²) in [6.07, 6.45) is 10.2. The van der Waals surface area contributed by atoms with Crippen LogP contribution in [-0.2, 0) is 14.3 Å². The molecular formula is C17H19N3O5. The molecule has 2 heterocycles. The second-order valence-corrected chi connectivity index (χ2v) is 4.55. The maximum absolute atomic E-state index is 9.55. The van der Waals surface area contributed by atoms with Crippen LogP contribution in [-0.4, -0.2) is 46.0 Å². The SMILES string of the molecule is COC=Cc1cccn1N(C)c1ccncc1.O=C(O)/C=C\C(=O)O. The zero-order chi connectivity index (χ0) is 18.7. The minimum Gasteiger partial charge on any atom is -0.504 e. The van der Waals surface area contributed by atoms with E-state index in [4.69, 9.17) is 14.9 Å². The third kappa shape index (κ3) is 7.04. The van der Waals surface area contributed by atoms with Crippen LogP contribution in [0.3, 0.4) is 0 Å². The van der Waals surface area contributed by atoms with E-state index >= 15 is 0 Å². The first kappa shape index (κ1) is 19.5. The van der Waals surface area contributed by atoms with Crippen molar-refractivity contribution < 1.29 is 24.5 Å². The molecule has 0 fully saturated rings. The summed E-state index contributed by atoms with van der Waals surface area (Å²) in [6, 6.07) is 7.94. The number of rotatable bonds is 6. The summed E-state index contributed by atoms with van der Waals surface area (Å²) in [7, 11) is 3.63.